The number of ether oxygens (including phenoxy) is 1. The van der Waals surface area contributed by atoms with Gasteiger partial charge in [0.15, 0.2) is 0 Å². The zero-order valence-electron chi connectivity index (χ0n) is 21.7. The van der Waals surface area contributed by atoms with E-state index in [2.05, 4.69) is 16.7 Å². The molecule has 0 spiro atoms. The molecule has 9 heteroatoms. The minimum Gasteiger partial charge on any atom is -0.444 e. The SMILES string of the molecule is CC(C)(C)OC(=O)N1[C@@H]2CC[C@@H](C2)[C@H]1C(=O)NC(C#N)Cc1ccc(-c2ccc3c(c2)NC(=O)C3)cc1F. The van der Waals surface area contributed by atoms with Gasteiger partial charge in [-0.1, -0.05) is 24.3 Å². The molecule has 1 unspecified atom stereocenters. The highest BCUT2D eigenvalue weighted by Gasteiger charge is 2.52. The van der Waals surface area contributed by atoms with Gasteiger partial charge < -0.3 is 15.4 Å². The maximum absolute atomic E-state index is 15.1. The summed E-state index contributed by atoms with van der Waals surface area (Å²) in [7, 11) is 0. The van der Waals surface area contributed by atoms with Gasteiger partial charge in [-0.25, -0.2) is 9.18 Å². The fourth-order valence-electron chi connectivity index (χ4n) is 5.80. The zero-order chi connectivity index (χ0) is 27.2. The molecule has 2 heterocycles. The van der Waals surface area contributed by atoms with E-state index in [1.165, 1.54) is 11.0 Å². The van der Waals surface area contributed by atoms with E-state index in [1.54, 1.807) is 32.9 Å². The number of nitrogens with one attached hydrogen (secondary N) is 2. The van der Waals surface area contributed by atoms with Crippen LogP contribution in [0, 0.1) is 23.1 Å². The van der Waals surface area contributed by atoms with Crippen LogP contribution in [0.15, 0.2) is 36.4 Å². The van der Waals surface area contributed by atoms with E-state index in [4.69, 9.17) is 4.74 Å². The van der Waals surface area contributed by atoms with Gasteiger partial charge in [0, 0.05) is 18.2 Å². The van der Waals surface area contributed by atoms with Crippen LogP contribution in [0.1, 0.15) is 51.2 Å². The molecule has 2 N–H and O–H groups in total. The third-order valence-corrected chi connectivity index (χ3v) is 7.48. The van der Waals surface area contributed by atoms with Gasteiger partial charge in [0.05, 0.1) is 12.5 Å². The lowest BCUT2D eigenvalue weighted by molar-refractivity contribution is -0.128. The van der Waals surface area contributed by atoms with Crippen molar-refractivity contribution in [1.29, 1.82) is 5.26 Å². The second-order valence-corrected chi connectivity index (χ2v) is 11.4. The van der Waals surface area contributed by atoms with Crippen LogP contribution in [-0.4, -0.2) is 46.5 Å². The average Bonchev–Trinajstić information content (AvgIpc) is 3.56. The van der Waals surface area contributed by atoms with Gasteiger partial charge in [-0.2, -0.15) is 5.26 Å². The second-order valence-electron chi connectivity index (χ2n) is 11.4. The average molecular weight is 519 g/mol. The number of carbonyl (C=O) groups excluding carboxylic acids is 3. The van der Waals surface area contributed by atoms with Crippen LogP contribution < -0.4 is 10.6 Å². The van der Waals surface area contributed by atoms with E-state index >= 15 is 4.39 Å². The largest absolute Gasteiger partial charge is 0.444 e. The Bertz CT molecular complexity index is 1350. The lowest BCUT2D eigenvalue weighted by Gasteiger charge is -2.35. The molecule has 2 fully saturated rings. The van der Waals surface area contributed by atoms with Crippen molar-refractivity contribution in [3.63, 3.8) is 0 Å². The molecule has 4 atom stereocenters. The molecule has 0 aromatic heterocycles. The molecule has 1 saturated carbocycles. The summed E-state index contributed by atoms with van der Waals surface area (Å²) >= 11 is 0. The van der Waals surface area contributed by atoms with E-state index < -0.39 is 35.5 Å². The number of hydrogen-bond donors (Lipinski definition) is 2. The molecular weight excluding hydrogens is 487 g/mol. The minimum atomic E-state index is -0.960. The number of piperidine rings is 1. The number of rotatable bonds is 5. The van der Waals surface area contributed by atoms with Crippen molar-refractivity contribution in [2.45, 2.75) is 76.6 Å². The summed E-state index contributed by atoms with van der Waals surface area (Å²) in [6, 6.07) is 10.6. The predicted molar refractivity (Wildman–Crippen MR) is 138 cm³/mol. The zero-order valence-corrected chi connectivity index (χ0v) is 21.7. The summed E-state index contributed by atoms with van der Waals surface area (Å²) in [5.41, 5.74) is 2.65. The smallest absolute Gasteiger partial charge is 0.411 e. The summed E-state index contributed by atoms with van der Waals surface area (Å²) in [5.74, 6) is -0.952. The van der Waals surface area contributed by atoms with Crippen molar-refractivity contribution in [2.24, 2.45) is 5.92 Å². The van der Waals surface area contributed by atoms with Crippen LogP contribution in [0.3, 0.4) is 0 Å². The number of carbonyl (C=O) groups is 3. The number of halogens is 1. The summed E-state index contributed by atoms with van der Waals surface area (Å²) in [6.45, 7) is 5.34. The first kappa shape index (κ1) is 25.7. The van der Waals surface area contributed by atoms with E-state index in [0.717, 1.165) is 36.1 Å². The first-order chi connectivity index (χ1) is 18.0. The van der Waals surface area contributed by atoms with Crippen molar-refractivity contribution in [3.8, 4) is 17.2 Å². The van der Waals surface area contributed by atoms with Crippen LogP contribution in [0.4, 0.5) is 14.9 Å². The molecule has 2 aliphatic heterocycles. The Morgan fingerprint density at radius 1 is 1.21 bits per heavy atom. The van der Waals surface area contributed by atoms with E-state index in [0.29, 0.717) is 17.5 Å². The van der Waals surface area contributed by atoms with Crippen molar-refractivity contribution in [3.05, 3.63) is 53.3 Å². The Morgan fingerprint density at radius 3 is 2.66 bits per heavy atom. The maximum atomic E-state index is 15.1. The quantitative estimate of drug-likeness (QED) is 0.612. The lowest BCUT2D eigenvalue weighted by Crippen LogP contribution is -2.55. The van der Waals surface area contributed by atoms with E-state index in [9.17, 15) is 19.6 Å². The number of nitriles is 1. The molecule has 3 aliphatic rings. The van der Waals surface area contributed by atoms with Crippen LogP contribution >= 0.6 is 0 Å². The van der Waals surface area contributed by atoms with Crippen molar-refractivity contribution >= 4 is 23.6 Å². The van der Waals surface area contributed by atoms with Gasteiger partial charge in [-0.05, 0) is 80.3 Å². The Morgan fingerprint density at radius 2 is 1.95 bits per heavy atom. The fraction of sp³-hybridized carbons (Fsp3) is 0.448. The van der Waals surface area contributed by atoms with Gasteiger partial charge in [0.1, 0.15) is 23.5 Å². The molecule has 2 bridgehead atoms. The van der Waals surface area contributed by atoms with Gasteiger partial charge >= 0.3 is 6.09 Å². The fourth-order valence-corrected chi connectivity index (χ4v) is 5.80. The first-order valence-electron chi connectivity index (χ1n) is 13.0. The van der Waals surface area contributed by atoms with Crippen molar-refractivity contribution in [1.82, 2.24) is 10.2 Å². The Hall–Kier alpha value is -3.93. The van der Waals surface area contributed by atoms with Crippen LogP contribution in [0.2, 0.25) is 0 Å². The Labute approximate surface area is 221 Å². The highest BCUT2D eigenvalue weighted by atomic mass is 19.1. The standard InChI is InChI=1S/C29H31FN4O4/c1-29(2,3)38-28(37)34-22-9-8-20(11-22)26(34)27(36)32-21(15-31)10-18-6-4-16(12-23(18)30)17-5-7-19-14-25(35)33-24(19)13-17/h4-7,12-13,20-22,26H,8-11,14H2,1-3H3,(H,32,36)(H,33,35)/t20-,21?,22+,26-/m0/s1. The Balaban J connectivity index is 1.27. The number of nitrogens with zero attached hydrogens (tertiary/aromatic N) is 2. The Kier molecular flexibility index (Phi) is 6.59. The van der Waals surface area contributed by atoms with Gasteiger partial charge in [-0.15, -0.1) is 0 Å². The topological polar surface area (TPSA) is 112 Å². The number of fused-ring (bicyclic) bond motifs is 3. The van der Waals surface area contributed by atoms with Crippen LogP contribution in [0.5, 0.6) is 0 Å². The molecule has 38 heavy (non-hydrogen) atoms. The number of benzene rings is 2. The molecule has 5 rings (SSSR count). The molecule has 2 aromatic rings. The third-order valence-electron chi connectivity index (χ3n) is 7.48. The summed E-state index contributed by atoms with van der Waals surface area (Å²) in [4.78, 5) is 39.3. The van der Waals surface area contributed by atoms with E-state index in [-0.39, 0.29) is 24.3 Å². The van der Waals surface area contributed by atoms with Gasteiger partial charge in [-0.3, -0.25) is 14.5 Å². The second kappa shape index (κ2) is 9.75. The van der Waals surface area contributed by atoms with Crippen LogP contribution in [-0.2, 0) is 27.2 Å². The number of anilines is 1. The first-order valence-corrected chi connectivity index (χ1v) is 13.0. The maximum Gasteiger partial charge on any atom is 0.411 e. The molecule has 8 nitrogen and oxygen atoms in total. The molecule has 2 aromatic carbocycles. The number of likely N-dealkylation sites (tertiary alicyclic amines) is 1. The highest BCUT2D eigenvalue weighted by Crippen LogP contribution is 2.43. The molecular formula is C29H31FN4O4. The molecule has 3 amide bonds. The van der Waals surface area contributed by atoms with E-state index in [1.807, 2.05) is 18.2 Å². The highest BCUT2D eigenvalue weighted by molar-refractivity contribution is 6.00. The van der Waals surface area contributed by atoms with Gasteiger partial charge in [0.2, 0.25) is 11.8 Å². The molecule has 1 saturated heterocycles. The van der Waals surface area contributed by atoms with Crippen molar-refractivity contribution in [2.75, 3.05) is 5.32 Å². The molecule has 1 aliphatic carbocycles. The number of hydrogen-bond acceptors (Lipinski definition) is 5. The lowest BCUT2D eigenvalue weighted by atomic mass is 9.96. The third kappa shape index (κ3) is 5.08. The minimum absolute atomic E-state index is 0.0121. The van der Waals surface area contributed by atoms with Gasteiger partial charge in [0.25, 0.3) is 0 Å². The monoisotopic (exact) mass is 518 g/mol. The molecule has 0 radical (unpaired) electrons. The van der Waals surface area contributed by atoms with Crippen LogP contribution in [0.25, 0.3) is 11.1 Å². The summed E-state index contributed by atoms with van der Waals surface area (Å²) < 4.78 is 20.6. The summed E-state index contributed by atoms with van der Waals surface area (Å²) in [5, 5.41) is 15.3. The number of amides is 3. The predicted octanol–water partition coefficient (Wildman–Crippen LogP) is 4.33. The normalized spacial score (nSPS) is 22.4. The molecule has 198 valence electrons. The van der Waals surface area contributed by atoms with Crippen molar-refractivity contribution < 1.29 is 23.5 Å². The summed E-state index contributed by atoms with van der Waals surface area (Å²) in [6.07, 6.45) is 2.19.